The van der Waals surface area contributed by atoms with Gasteiger partial charge < -0.3 is 5.73 Å². The van der Waals surface area contributed by atoms with E-state index in [2.05, 4.69) is 17.9 Å². The van der Waals surface area contributed by atoms with Gasteiger partial charge in [0.15, 0.2) is 0 Å². The maximum absolute atomic E-state index is 13.5. The number of rotatable bonds is 5. The lowest BCUT2D eigenvalue weighted by atomic mass is 9.83. The van der Waals surface area contributed by atoms with Crippen LogP contribution in [-0.2, 0) is 6.54 Å². The Morgan fingerprint density at radius 2 is 2.14 bits per heavy atom. The van der Waals surface area contributed by atoms with E-state index in [9.17, 15) is 9.65 Å². The van der Waals surface area contributed by atoms with Crippen molar-refractivity contribution in [2.75, 3.05) is 13.1 Å². The molecular weight excluding hydrogens is 265 g/mol. The van der Waals surface area contributed by atoms with Crippen molar-refractivity contribution >= 4 is 0 Å². The summed E-state index contributed by atoms with van der Waals surface area (Å²) in [6, 6.07) is 7.02. The van der Waals surface area contributed by atoms with Crippen molar-refractivity contribution in [1.82, 2.24) is 4.90 Å². The Morgan fingerprint density at radius 1 is 1.38 bits per heavy atom. The topological polar surface area (TPSA) is 53.0 Å². The summed E-state index contributed by atoms with van der Waals surface area (Å²) in [5.74, 6) is 0.233. The van der Waals surface area contributed by atoms with Gasteiger partial charge in [-0.2, -0.15) is 5.26 Å². The lowest BCUT2D eigenvalue weighted by Crippen LogP contribution is -2.44. The predicted octanol–water partition coefficient (Wildman–Crippen LogP) is 3.04. The third kappa shape index (κ3) is 3.81. The molecule has 4 heteroatoms. The van der Waals surface area contributed by atoms with E-state index in [0.29, 0.717) is 30.6 Å². The molecule has 2 rings (SSSR count). The highest BCUT2D eigenvalue weighted by molar-refractivity contribution is 5.37. The molecule has 1 saturated carbocycles. The first kappa shape index (κ1) is 15.9. The molecule has 0 aliphatic heterocycles. The monoisotopic (exact) mass is 289 g/mol. The van der Waals surface area contributed by atoms with Crippen molar-refractivity contribution < 1.29 is 4.39 Å². The Bertz CT molecular complexity index is 509. The zero-order valence-corrected chi connectivity index (χ0v) is 12.7. The first-order valence-electron chi connectivity index (χ1n) is 7.82. The second-order valence-corrected chi connectivity index (χ2v) is 5.82. The molecule has 0 amide bonds. The summed E-state index contributed by atoms with van der Waals surface area (Å²) in [6.07, 6.45) is 4.80. The van der Waals surface area contributed by atoms with Crippen LogP contribution in [0.25, 0.3) is 0 Å². The number of nitriles is 1. The Labute approximate surface area is 126 Å². The van der Waals surface area contributed by atoms with Crippen molar-refractivity contribution in [2.45, 2.75) is 45.2 Å². The standard InChI is InChI=1S/C17H24FN3/c1-2-21(17-6-4-3-5-14(17)11-20)12-15-9-16(18)8-7-13(15)10-19/h7-9,14,17H,2-6,11-12,20H2,1H3. The second-order valence-electron chi connectivity index (χ2n) is 5.82. The Morgan fingerprint density at radius 3 is 2.81 bits per heavy atom. The molecule has 1 aromatic rings. The average Bonchev–Trinajstić information content (AvgIpc) is 2.52. The molecule has 0 spiro atoms. The van der Waals surface area contributed by atoms with Gasteiger partial charge in [-0.3, -0.25) is 4.90 Å². The molecule has 0 saturated heterocycles. The van der Waals surface area contributed by atoms with Crippen molar-refractivity contribution in [1.29, 1.82) is 5.26 Å². The first-order chi connectivity index (χ1) is 10.2. The molecule has 3 nitrogen and oxygen atoms in total. The molecule has 2 unspecified atom stereocenters. The van der Waals surface area contributed by atoms with Crippen molar-refractivity contribution in [3.05, 3.63) is 35.1 Å². The van der Waals surface area contributed by atoms with Crippen molar-refractivity contribution in [3.8, 4) is 6.07 Å². The summed E-state index contributed by atoms with van der Waals surface area (Å²) in [7, 11) is 0. The van der Waals surface area contributed by atoms with Gasteiger partial charge in [0, 0.05) is 12.6 Å². The highest BCUT2D eigenvalue weighted by Crippen LogP contribution is 2.29. The zero-order valence-electron chi connectivity index (χ0n) is 12.7. The molecule has 21 heavy (non-hydrogen) atoms. The van der Waals surface area contributed by atoms with Gasteiger partial charge in [-0.1, -0.05) is 19.8 Å². The molecule has 1 fully saturated rings. The second kappa shape index (κ2) is 7.53. The van der Waals surface area contributed by atoms with Crippen LogP contribution in [0.1, 0.15) is 43.7 Å². The normalized spacial score (nSPS) is 22.2. The zero-order chi connectivity index (χ0) is 15.2. The maximum atomic E-state index is 13.5. The van der Waals surface area contributed by atoms with Crippen LogP contribution in [0.5, 0.6) is 0 Å². The molecular formula is C17H24FN3. The van der Waals surface area contributed by atoms with Crippen LogP contribution in [-0.4, -0.2) is 24.0 Å². The summed E-state index contributed by atoms with van der Waals surface area (Å²) >= 11 is 0. The first-order valence-corrected chi connectivity index (χ1v) is 7.82. The number of benzene rings is 1. The molecule has 0 heterocycles. The Kier molecular flexibility index (Phi) is 5.72. The summed E-state index contributed by atoms with van der Waals surface area (Å²) in [5, 5.41) is 9.19. The average molecular weight is 289 g/mol. The third-order valence-electron chi connectivity index (χ3n) is 4.61. The molecule has 1 aromatic carbocycles. The number of hydrogen-bond donors (Lipinski definition) is 1. The summed E-state index contributed by atoms with van der Waals surface area (Å²) in [6.45, 7) is 4.34. The van der Waals surface area contributed by atoms with Crippen LogP contribution in [0.2, 0.25) is 0 Å². The van der Waals surface area contributed by atoms with E-state index < -0.39 is 0 Å². The van der Waals surface area contributed by atoms with Crippen LogP contribution in [0.15, 0.2) is 18.2 Å². The van der Waals surface area contributed by atoms with E-state index in [1.54, 1.807) is 6.07 Å². The summed E-state index contributed by atoms with van der Waals surface area (Å²) in [5.41, 5.74) is 7.26. The molecule has 1 aliphatic carbocycles. The fraction of sp³-hybridized carbons (Fsp3) is 0.588. The van der Waals surface area contributed by atoms with Crippen molar-refractivity contribution in [3.63, 3.8) is 0 Å². The van der Waals surface area contributed by atoms with Crippen LogP contribution in [0.3, 0.4) is 0 Å². The highest BCUT2D eigenvalue weighted by atomic mass is 19.1. The molecule has 0 radical (unpaired) electrons. The molecule has 2 N–H and O–H groups in total. The van der Waals surface area contributed by atoms with E-state index in [1.807, 2.05) is 0 Å². The SMILES string of the molecule is CCN(Cc1cc(F)ccc1C#N)C1CCCCC1CN. The fourth-order valence-electron chi connectivity index (χ4n) is 3.43. The Balaban J connectivity index is 2.19. The predicted molar refractivity (Wildman–Crippen MR) is 82.0 cm³/mol. The van der Waals surface area contributed by atoms with Gasteiger partial charge in [-0.25, -0.2) is 4.39 Å². The molecule has 114 valence electrons. The van der Waals surface area contributed by atoms with Gasteiger partial charge in [0.25, 0.3) is 0 Å². The number of halogens is 1. The van der Waals surface area contributed by atoms with Gasteiger partial charge in [0.2, 0.25) is 0 Å². The van der Waals surface area contributed by atoms with Gasteiger partial charge >= 0.3 is 0 Å². The smallest absolute Gasteiger partial charge is 0.123 e. The molecule has 1 aliphatic rings. The molecule has 2 atom stereocenters. The number of hydrogen-bond acceptors (Lipinski definition) is 3. The molecule has 0 bridgehead atoms. The lowest BCUT2D eigenvalue weighted by Gasteiger charge is -2.39. The van der Waals surface area contributed by atoms with Crippen LogP contribution in [0.4, 0.5) is 4.39 Å². The van der Waals surface area contributed by atoms with Gasteiger partial charge in [-0.15, -0.1) is 0 Å². The minimum absolute atomic E-state index is 0.279. The van der Waals surface area contributed by atoms with E-state index in [0.717, 1.165) is 18.5 Å². The Hall–Kier alpha value is -1.44. The largest absolute Gasteiger partial charge is 0.330 e. The van der Waals surface area contributed by atoms with Crippen LogP contribution in [0, 0.1) is 23.1 Å². The number of nitrogens with two attached hydrogens (primary N) is 1. The molecule has 0 aromatic heterocycles. The van der Waals surface area contributed by atoms with E-state index >= 15 is 0 Å². The van der Waals surface area contributed by atoms with Crippen LogP contribution < -0.4 is 5.73 Å². The van der Waals surface area contributed by atoms with Gasteiger partial charge in [0.1, 0.15) is 5.82 Å². The minimum Gasteiger partial charge on any atom is -0.330 e. The summed E-state index contributed by atoms with van der Waals surface area (Å²) < 4.78 is 13.5. The number of nitrogens with zero attached hydrogens (tertiary/aromatic N) is 2. The quantitative estimate of drug-likeness (QED) is 0.906. The van der Waals surface area contributed by atoms with Gasteiger partial charge in [0.05, 0.1) is 11.6 Å². The maximum Gasteiger partial charge on any atom is 0.123 e. The third-order valence-corrected chi connectivity index (χ3v) is 4.61. The fourth-order valence-corrected chi connectivity index (χ4v) is 3.43. The van der Waals surface area contributed by atoms with E-state index in [1.165, 1.54) is 31.4 Å². The minimum atomic E-state index is -0.279. The van der Waals surface area contributed by atoms with Crippen LogP contribution >= 0.6 is 0 Å². The van der Waals surface area contributed by atoms with Gasteiger partial charge in [-0.05, 0) is 55.6 Å². The highest BCUT2D eigenvalue weighted by Gasteiger charge is 2.28. The van der Waals surface area contributed by atoms with E-state index in [-0.39, 0.29) is 5.82 Å². The van der Waals surface area contributed by atoms with E-state index in [4.69, 9.17) is 5.73 Å². The lowest BCUT2D eigenvalue weighted by molar-refractivity contribution is 0.105. The van der Waals surface area contributed by atoms with Crippen molar-refractivity contribution in [2.24, 2.45) is 11.7 Å². The summed E-state index contributed by atoms with van der Waals surface area (Å²) in [4.78, 5) is 2.35.